The van der Waals surface area contributed by atoms with Gasteiger partial charge in [0.05, 0.1) is 11.5 Å². The normalized spacial score (nSPS) is 52.6. The molecule has 0 aromatic heterocycles. The predicted molar refractivity (Wildman–Crippen MR) is 199 cm³/mol. The summed E-state index contributed by atoms with van der Waals surface area (Å²) in [6, 6.07) is 0. The first-order valence-corrected chi connectivity index (χ1v) is 20.7. The highest BCUT2D eigenvalue weighted by molar-refractivity contribution is 5.95. The van der Waals surface area contributed by atoms with Crippen molar-refractivity contribution in [2.75, 3.05) is 0 Å². The Hall–Kier alpha value is -2.54. The van der Waals surface area contributed by atoms with Crippen LogP contribution in [0.5, 0.6) is 0 Å². The molecule has 16 heteroatoms. The fraction of sp³-hybridized carbons (Fsp3) is 0.857. The summed E-state index contributed by atoms with van der Waals surface area (Å²) in [6.07, 6.45) is -12.2. The van der Waals surface area contributed by atoms with Crippen molar-refractivity contribution in [3.8, 4) is 0 Å². The number of rotatable bonds is 7. The van der Waals surface area contributed by atoms with Crippen LogP contribution in [0.25, 0.3) is 0 Å². The number of carbonyl (C=O) groups excluding carboxylic acids is 1. The summed E-state index contributed by atoms with van der Waals surface area (Å²) >= 11 is 0. The van der Waals surface area contributed by atoms with E-state index in [4.69, 9.17) is 18.9 Å². The van der Waals surface area contributed by atoms with E-state index >= 15 is 0 Å². The van der Waals surface area contributed by atoms with E-state index in [0.29, 0.717) is 25.7 Å². The van der Waals surface area contributed by atoms with Crippen LogP contribution in [0, 0.1) is 50.2 Å². The fourth-order valence-corrected chi connectivity index (χ4v) is 13.4. The Kier molecular flexibility index (Phi) is 10.7. The van der Waals surface area contributed by atoms with E-state index in [9.17, 15) is 60.0 Å². The third-order valence-corrected chi connectivity index (χ3v) is 17.2. The van der Waals surface area contributed by atoms with Crippen LogP contribution in [0.2, 0.25) is 0 Å². The summed E-state index contributed by atoms with van der Waals surface area (Å²) in [5.74, 6) is -4.47. The number of ketones is 1. The molecule has 0 bridgehead atoms. The highest BCUT2D eigenvalue weighted by Crippen LogP contribution is 2.75. The average Bonchev–Trinajstić information content (AvgIpc) is 3.13. The van der Waals surface area contributed by atoms with E-state index in [1.54, 1.807) is 0 Å². The summed E-state index contributed by atoms with van der Waals surface area (Å²) in [5, 5.41) is 83.0. The second kappa shape index (κ2) is 14.3. The molecule has 4 saturated carbocycles. The molecule has 1 unspecified atom stereocenters. The maximum absolute atomic E-state index is 14.8. The number of allylic oxidation sites excluding steroid dienone is 2. The number of ether oxygens (including phenoxy) is 4. The molecule has 0 radical (unpaired) electrons. The molecule has 0 amide bonds. The smallest absolute Gasteiger partial charge is 0.335 e. The third kappa shape index (κ3) is 6.25. The zero-order valence-corrected chi connectivity index (χ0v) is 34.4. The number of fused-ring (bicyclic) bond motifs is 7. The van der Waals surface area contributed by atoms with E-state index in [2.05, 4.69) is 27.7 Å². The van der Waals surface area contributed by atoms with Gasteiger partial charge in [0.25, 0.3) is 0 Å². The van der Waals surface area contributed by atoms with Crippen LogP contribution in [0.4, 0.5) is 0 Å². The first kappa shape index (κ1) is 43.5. The topological polar surface area (TPSA) is 267 Å². The molecule has 16 nitrogen and oxygen atoms in total. The predicted octanol–water partition coefficient (Wildman–Crippen LogP) is 2.25. The standard InChI is InChI=1S/C42H62O16/c1-37(2)21-8-11-42(7)31(20(43)16-18-19-17-39(4,36(53)54)13-12-38(19,3)14-15-41(18,42)6)40(21,5)10-9-22(37)55-35-30(26(47)25(46)29(57-35)33(51)52)58-34-27(48)23(44)24(45)28(56-34)32(49)50/h16,19,21-31,34-35,44-48H,8-15,17H2,1-7H3,(H,49,50)(H,51,52)(H,53,54)/t19-,21-,22-,23-,24-,25-,26-,27+,28?,29-,30+,31+,34-,35-,38+,39-,40-,41+,42+/m0/s1. The molecule has 0 aromatic carbocycles. The Morgan fingerprint density at radius 2 is 1.28 bits per heavy atom. The summed E-state index contributed by atoms with van der Waals surface area (Å²) in [6.45, 7) is 14.8. The quantitative estimate of drug-likeness (QED) is 0.171. The molecule has 2 saturated heterocycles. The molecule has 326 valence electrons. The van der Waals surface area contributed by atoms with E-state index < -0.39 is 107 Å². The van der Waals surface area contributed by atoms with Gasteiger partial charge in [-0.2, -0.15) is 0 Å². The second-order valence-corrected chi connectivity index (χ2v) is 20.6. The zero-order chi connectivity index (χ0) is 42.9. The monoisotopic (exact) mass is 822 g/mol. The maximum Gasteiger partial charge on any atom is 0.335 e. The Balaban J connectivity index is 1.17. The minimum absolute atomic E-state index is 0.0217. The molecule has 5 aliphatic carbocycles. The average molecular weight is 823 g/mol. The lowest BCUT2D eigenvalue weighted by Crippen LogP contribution is -2.68. The lowest BCUT2D eigenvalue weighted by molar-refractivity contribution is -0.371. The third-order valence-electron chi connectivity index (χ3n) is 17.2. The molecule has 8 N–H and O–H groups in total. The number of carboxylic acid groups (broad SMARTS) is 3. The Morgan fingerprint density at radius 1 is 0.690 bits per heavy atom. The zero-order valence-electron chi connectivity index (χ0n) is 34.4. The van der Waals surface area contributed by atoms with Gasteiger partial charge < -0.3 is 59.8 Å². The summed E-state index contributed by atoms with van der Waals surface area (Å²) < 4.78 is 23.4. The van der Waals surface area contributed by atoms with Gasteiger partial charge in [-0.15, -0.1) is 0 Å². The lowest BCUT2D eigenvalue weighted by Gasteiger charge is -2.70. The van der Waals surface area contributed by atoms with Crippen molar-refractivity contribution in [1.82, 2.24) is 0 Å². The Morgan fingerprint density at radius 3 is 1.88 bits per heavy atom. The van der Waals surface area contributed by atoms with Gasteiger partial charge in [-0.25, -0.2) is 9.59 Å². The van der Waals surface area contributed by atoms with Gasteiger partial charge in [0.2, 0.25) is 0 Å². The molecule has 7 rings (SSSR count). The van der Waals surface area contributed by atoms with Crippen LogP contribution in [-0.4, -0.2) is 132 Å². The van der Waals surface area contributed by atoms with Crippen molar-refractivity contribution in [3.63, 3.8) is 0 Å². The van der Waals surface area contributed by atoms with Crippen LogP contribution >= 0.6 is 0 Å². The van der Waals surface area contributed by atoms with Crippen molar-refractivity contribution in [3.05, 3.63) is 11.6 Å². The van der Waals surface area contributed by atoms with Gasteiger partial charge in [0, 0.05) is 5.92 Å². The first-order valence-electron chi connectivity index (χ1n) is 20.7. The van der Waals surface area contributed by atoms with Gasteiger partial charge >= 0.3 is 17.9 Å². The molecule has 2 heterocycles. The summed E-state index contributed by atoms with van der Waals surface area (Å²) in [7, 11) is 0. The molecule has 0 spiro atoms. The molecule has 0 aromatic rings. The van der Waals surface area contributed by atoms with Gasteiger partial charge in [0.15, 0.2) is 30.6 Å². The minimum atomic E-state index is -2.05. The number of hydrogen-bond acceptors (Lipinski definition) is 13. The van der Waals surface area contributed by atoms with Gasteiger partial charge in [0.1, 0.15) is 36.6 Å². The van der Waals surface area contributed by atoms with Crippen LogP contribution in [0.1, 0.15) is 106 Å². The lowest BCUT2D eigenvalue weighted by atomic mass is 9.33. The van der Waals surface area contributed by atoms with E-state index in [1.165, 1.54) is 0 Å². The SMILES string of the molecule is CC1(C)[C@@H](O[C@H]2O[C@H](C(=O)O)[C@@H](O)[C@H](O)[C@H]2O[C@@H]2OC(C(=O)O)[C@@H](O)[C@H](O)[C@H]2O)CC[C@]2(C)[C@H]3C(=O)C=C4[C@@H]5C[C@@](C)(C(=O)O)CC[C@]5(C)CC[C@@]4(C)[C@]3(C)CC[C@@H]12. The number of hydrogen-bond donors (Lipinski definition) is 8. The van der Waals surface area contributed by atoms with Crippen LogP contribution in [0.3, 0.4) is 0 Å². The van der Waals surface area contributed by atoms with Crippen LogP contribution in [0.15, 0.2) is 11.6 Å². The Bertz CT molecular complexity index is 1730. The fourth-order valence-electron chi connectivity index (χ4n) is 13.4. The van der Waals surface area contributed by atoms with Crippen molar-refractivity contribution < 1.29 is 79.0 Å². The van der Waals surface area contributed by atoms with Gasteiger partial charge in [-0.3, -0.25) is 9.59 Å². The first-order chi connectivity index (χ1) is 26.8. The number of carbonyl (C=O) groups is 4. The minimum Gasteiger partial charge on any atom is -0.481 e. The van der Waals surface area contributed by atoms with Crippen molar-refractivity contribution in [2.24, 2.45) is 50.2 Å². The highest BCUT2D eigenvalue weighted by Gasteiger charge is 2.71. The summed E-state index contributed by atoms with van der Waals surface area (Å²) in [4.78, 5) is 51.3. The van der Waals surface area contributed by atoms with Crippen LogP contribution in [-0.2, 0) is 38.1 Å². The maximum atomic E-state index is 14.8. The molecular weight excluding hydrogens is 760 g/mol. The second-order valence-electron chi connectivity index (χ2n) is 20.6. The number of aliphatic hydroxyl groups is 5. The largest absolute Gasteiger partial charge is 0.481 e. The number of aliphatic hydroxyl groups excluding tert-OH is 5. The van der Waals surface area contributed by atoms with Crippen molar-refractivity contribution >= 4 is 23.7 Å². The van der Waals surface area contributed by atoms with E-state index in [-0.39, 0.29) is 34.4 Å². The molecular formula is C42H62O16. The molecule has 58 heavy (non-hydrogen) atoms. The molecule has 19 atom stereocenters. The molecule has 6 fully saturated rings. The number of aliphatic carboxylic acids is 3. The van der Waals surface area contributed by atoms with Crippen molar-refractivity contribution in [1.29, 1.82) is 0 Å². The van der Waals surface area contributed by atoms with Gasteiger partial charge in [-0.05, 0) is 110 Å². The molecule has 7 aliphatic rings. The van der Waals surface area contributed by atoms with Crippen LogP contribution < -0.4 is 0 Å². The van der Waals surface area contributed by atoms with Gasteiger partial charge in [-0.1, -0.05) is 47.1 Å². The van der Waals surface area contributed by atoms with Crippen molar-refractivity contribution in [2.45, 2.75) is 174 Å². The summed E-state index contributed by atoms with van der Waals surface area (Å²) in [5.41, 5.74) is -1.81. The number of carboxylic acids is 3. The Labute approximate surface area is 337 Å². The highest BCUT2D eigenvalue weighted by atomic mass is 16.8. The van der Waals surface area contributed by atoms with E-state index in [1.807, 2.05) is 26.8 Å². The molecule has 2 aliphatic heterocycles. The van der Waals surface area contributed by atoms with E-state index in [0.717, 1.165) is 37.7 Å².